The fourth-order valence-corrected chi connectivity index (χ4v) is 1.46. The molecule has 0 saturated heterocycles. The molecule has 0 heterocycles. The Kier molecular flexibility index (Phi) is 4.15. The van der Waals surface area contributed by atoms with Gasteiger partial charge in [0.2, 0.25) is 0 Å². The van der Waals surface area contributed by atoms with Gasteiger partial charge in [-0.15, -0.1) is 11.6 Å². The number of ether oxygens (including phenoxy) is 1. The molecule has 0 aliphatic heterocycles. The molecular formula is C11H10ClNO3. The third kappa shape index (κ3) is 2.44. The molecule has 4 nitrogen and oxygen atoms in total. The maximum atomic E-state index is 11.4. The van der Waals surface area contributed by atoms with Gasteiger partial charge in [0.25, 0.3) is 0 Å². The second-order valence-corrected chi connectivity index (χ2v) is 3.26. The minimum absolute atomic E-state index is 0.0453. The number of benzene rings is 1. The van der Waals surface area contributed by atoms with E-state index in [2.05, 4.69) is 0 Å². The number of nitriles is 1. The van der Waals surface area contributed by atoms with Crippen LogP contribution in [0.3, 0.4) is 0 Å². The van der Waals surface area contributed by atoms with Crippen molar-refractivity contribution in [1.82, 2.24) is 0 Å². The van der Waals surface area contributed by atoms with Crippen molar-refractivity contribution in [3.8, 4) is 11.8 Å². The van der Waals surface area contributed by atoms with Gasteiger partial charge in [-0.3, -0.25) is 0 Å². The van der Waals surface area contributed by atoms with Crippen LogP contribution in [-0.2, 0) is 10.6 Å². The first-order valence-corrected chi connectivity index (χ1v) is 5.16. The van der Waals surface area contributed by atoms with Crippen LogP contribution in [0, 0.1) is 11.3 Å². The Labute approximate surface area is 98.0 Å². The highest BCUT2D eigenvalue weighted by atomic mass is 35.5. The predicted molar refractivity (Wildman–Crippen MR) is 58.3 cm³/mol. The lowest BCUT2D eigenvalue weighted by atomic mass is 10.0. The molecule has 0 aromatic heterocycles. The number of hydrogen-bond donors (Lipinski definition) is 1. The smallest absolute Gasteiger partial charge is 0.338 e. The third-order valence-electron chi connectivity index (χ3n) is 1.97. The molecule has 0 aliphatic carbocycles. The van der Waals surface area contributed by atoms with Gasteiger partial charge in [0.15, 0.2) is 0 Å². The Hall–Kier alpha value is -1.73. The van der Waals surface area contributed by atoms with Crippen molar-refractivity contribution >= 4 is 17.6 Å². The van der Waals surface area contributed by atoms with Gasteiger partial charge in [-0.05, 0) is 24.6 Å². The maximum absolute atomic E-state index is 11.4. The summed E-state index contributed by atoms with van der Waals surface area (Å²) in [4.78, 5) is 11.4. The Morgan fingerprint density at radius 1 is 1.62 bits per heavy atom. The van der Waals surface area contributed by atoms with Crippen molar-refractivity contribution in [3.63, 3.8) is 0 Å². The zero-order valence-corrected chi connectivity index (χ0v) is 9.41. The number of carbonyl (C=O) groups is 1. The van der Waals surface area contributed by atoms with Gasteiger partial charge in [-0.2, -0.15) is 5.26 Å². The van der Waals surface area contributed by atoms with Crippen molar-refractivity contribution in [2.24, 2.45) is 0 Å². The van der Waals surface area contributed by atoms with Crippen molar-refractivity contribution < 1.29 is 14.6 Å². The van der Waals surface area contributed by atoms with Gasteiger partial charge < -0.3 is 9.84 Å². The maximum Gasteiger partial charge on any atom is 0.338 e. The first-order valence-electron chi connectivity index (χ1n) is 4.63. The second kappa shape index (κ2) is 5.38. The van der Waals surface area contributed by atoms with Crippen LogP contribution in [-0.4, -0.2) is 17.7 Å². The minimum atomic E-state index is -0.548. The number of carbonyl (C=O) groups excluding carboxylic acids is 1. The van der Waals surface area contributed by atoms with Gasteiger partial charge in [-0.25, -0.2) is 4.79 Å². The molecule has 0 unspecified atom stereocenters. The Balaban J connectivity index is 3.21. The largest absolute Gasteiger partial charge is 0.507 e. The minimum Gasteiger partial charge on any atom is -0.507 e. The molecule has 84 valence electrons. The van der Waals surface area contributed by atoms with E-state index >= 15 is 0 Å². The number of esters is 1. The molecule has 0 atom stereocenters. The summed E-state index contributed by atoms with van der Waals surface area (Å²) in [5, 5.41) is 18.3. The summed E-state index contributed by atoms with van der Waals surface area (Å²) in [5.74, 6) is -0.763. The summed E-state index contributed by atoms with van der Waals surface area (Å²) in [6.45, 7) is 1.93. The fourth-order valence-electron chi connectivity index (χ4n) is 1.25. The quantitative estimate of drug-likeness (QED) is 0.648. The van der Waals surface area contributed by atoms with Crippen molar-refractivity contribution in [2.45, 2.75) is 12.8 Å². The summed E-state index contributed by atoms with van der Waals surface area (Å²) >= 11 is 5.62. The normalized spacial score (nSPS) is 9.56. The number of rotatable bonds is 3. The molecular weight excluding hydrogens is 230 g/mol. The fraction of sp³-hybridized carbons (Fsp3) is 0.273. The standard InChI is InChI=1S/C11H10ClNO3/c1-2-16-11(15)7-3-8(5-12)9(6-13)10(14)4-7/h3-4,14H,2,5H2,1H3. The van der Waals surface area contributed by atoms with Crippen molar-refractivity contribution in [2.75, 3.05) is 6.61 Å². The highest BCUT2D eigenvalue weighted by Gasteiger charge is 2.14. The predicted octanol–water partition coefficient (Wildman–Crippen LogP) is 2.18. The molecule has 1 rings (SSSR count). The number of phenols is 1. The summed E-state index contributed by atoms with van der Waals surface area (Å²) in [7, 11) is 0. The molecule has 1 N–H and O–H groups in total. The van der Waals surface area contributed by atoms with E-state index in [1.165, 1.54) is 12.1 Å². The lowest BCUT2D eigenvalue weighted by molar-refractivity contribution is 0.0526. The van der Waals surface area contributed by atoms with Crippen LogP contribution in [0.5, 0.6) is 5.75 Å². The zero-order valence-electron chi connectivity index (χ0n) is 8.66. The molecule has 0 fully saturated rings. The Bertz CT molecular complexity index is 451. The molecule has 5 heteroatoms. The molecule has 1 aromatic carbocycles. The molecule has 0 saturated carbocycles. The van der Waals surface area contributed by atoms with Crippen LogP contribution in [0.15, 0.2) is 12.1 Å². The molecule has 0 radical (unpaired) electrons. The number of phenolic OH excluding ortho intramolecular Hbond substituents is 1. The van der Waals surface area contributed by atoms with E-state index in [0.717, 1.165) is 0 Å². The zero-order chi connectivity index (χ0) is 12.1. The molecule has 0 bridgehead atoms. The first kappa shape index (κ1) is 12.3. The van der Waals surface area contributed by atoms with Crippen LogP contribution < -0.4 is 0 Å². The van der Waals surface area contributed by atoms with E-state index in [1.807, 2.05) is 6.07 Å². The molecule has 0 aliphatic rings. The monoisotopic (exact) mass is 239 g/mol. The van der Waals surface area contributed by atoms with Gasteiger partial charge in [-0.1, -0.05) is 0 Å². The highest BCUT2D eigenvalue weighted by Crippen LogP contribution is 2.24. The van der Waals surface area contributed by atoms with Crippen LogP contribution in [0.25, 0.3) is 0 Å². The molecule has 1 aromatic rings. The van der Waals surface area contributed by atoms with Gasteiger partial charge >= 0.3 is 5.97 Å². The van der Waals surface area contributed by atoms with Crippen molar-refractivity contribution in [3.05, 3.63) is 28.8 Å². The number of alkyl halides is 1. The second-order valence-electron chi connectivity index (χ2n) is 3.00. The summed E-state index contributed by atoms with van der Waals surface area (Å²) in [5.41, 5.74) is 0.685. The SMILES string of the molecule is CCOC(=O)c1cc(O)c(C#N)c(CCl)c1. The van der Waals surface area contributed by atoms with Crippen LogP contribution >= 0.6 is 11.6 Å². The van der Waals surface area contributed by atoms with Crippen molar-refractivity contribution in [1.29, 1.82) is 5.26 Å². The van der Waals surface area contributed by atoms with E-state index in [9.17, 15) is 9.90 Å². The van der Waals surface area contributed by atoms with Crippen LogP contribution in [0.4, 0.5) is 0 Å². The molecule has 0 spiro atoms. The molecule has 0 amide bonds. The van der Waals surface area contributed by atoms with Crippen LogP contribution in [0.1, 0.15) is 28.4 Å². The van der Waals surface area contributed by atoms with E-state index in [1.54, 1.807) is 6.92 Å². The third-order valence-corrected chi connectivity index (χ3v) is 2.25. The summed E-state index contributed by atoms with van der Waals surface area (Å²) < 4.78 is 4.78. The van der Waals surface area contributed by atoms with Crippen LogP contribution in [0.2, 0.25) is 0 Å². The van der Waals surface area contributed by atoms with E-state index in [-0.39, 0.29) is 29.4 Å². The number of hydrogen-bond acceptors (Lipinski definition) is 4. The number of aromatic hydroxyl groups is 1. The highest BCUT2D eigenvalue weighted by molar-refractivity contribution is 6.17. The van der Waals surface area contributed by atoms with E-state index in [4.69, 9.17) is 21.6 Å². The summed E-state index contributed by atoms with van der Waals surface area (Å²) in [6, 6.07) is 4.48. The number of halogens is 1. The Morgan fingerprint density at radius 2 is 2.31 bits per heavy atom. The van der Waals surface area contributed by atoms with E-state index < -0.39 is 5.97 Å². The van der Waals surface area contributed by atoms with E-state index in [0.29, 0.717) is 5.56 Å². The van der Waals surface area contributed by atoms with Gasteiger partial charge in [0, 0.05) is 5.88 Å². The van der Waals surface area contributed by atoms with Gasteiger partial charge in [0.1, 0.15) is 11.8 Å². The summed E-state index contributed by atoms with van der Waals surface area (Å²) in [6.07, 6.45) is 0. The Morgan fingerprint density at radius 3 is 2.81 bits per heavy atom. The lowest BCUT2D eigenvalue weighted by Gasteiger charge is -2.06. The molecule has 16 heavy (non-hydrogen) atoms. The average molecular weight is 240 g/mol. The first-order chi connectivity index (χ1) is 7.63. The average Bonchev–Trinajstić information content (AvgIpc) is 2.28. The van der Waals surface area contributed by atoms with Gasteiger partial charge in [0.05, 0.1) is 17.7 Å². The lowest BCUT2D eigenvalue weighted by Crippen LogP contribution is -2.05. The number of nitrogens with zero attached hydrogens (tertiary/aromatic N) is 1. The topological polar surface area (TPSA) is 70.3 Å².